The van der Waals surface area contributed by atoms with Crippen LogP contribution in [0, 0.1) is 0 Å². The molecule has 0 atom stereocenters. The second kappa shape index (κ2) is 4.53. The van der Waals surface area contributed by atoms with Crippen LogP contribution in [-0.4, -0.2) is 27.5 Å². The van der Waals surface area contributed by atoms with Gasteiger partial charge in [-0.05, 0) is 37.0 Å². The molecule has 1 saturated carbocycles. The minimum atomic E-state index is -0.977. The normalized spacial score (nSPS) is 16.2. The third-order valence-electron chi connectivity index (χ3n) is 2.93. The summed E-state index contributed by atoms with van der Waals surface area (Å²) in [6.45, 7) is 0. The average Bonchev–Trinajstić information content (AvgIpc) is 3.09. The van der Waals surface area contributed by atoms with Crippen LogP contribution in [0.5, 0.6) is 0 Å². The minimum Gasteiger partial charge on any atom is -0.480 e. The van der Waals surface area contributed by atoms with Gasteiger partial charge in [0.05, 0.1) is 0 Å². The number of aliphatic carboxylic acids is 1. The van der Waals surface area contributed by atoms with Crippen molar-refractivity contribution in [2.75, 3.05) is 0 Å². The summed E-state index contributed by atoms with van der Waals surface area (Å²) >= 11 is 0. The Kier molecular flexibility index (Phi) is 3.08. The van der Waals surface area contributed by atoms with Crippen molar-refractivity contribution in [3.8, 4) is 0 Å². The van der Waals surface area contributed by atoms with E-state index in [2.05, 4.69) is 10.3 Å². The molecular formula is C12H14N2O3. The topological polar surface area (TPSA) is 79.3 Å². The number of amides is 1. The van der Waals surface area contributed by atoms with Gasteiger partial charge in [0.25, 0.3) is 0 Å². The van der Waals surface area contributed by atoms with E-state index < -0.39 is 11.5 Å². The molecule has 0 bridgehead atoms. The first-order valence-corrected chi connectivity index (χ1v) is 5.56. The first-order valence-electron chi connectivity index (χ1n) is 5.56. The molecule has 1 amide bonds. The largest absolute Gasteiger partial charge is 0.480 e. The SMILES string of the molecule is O=C(CCc1ccncc1)NC1(C(=O)O)CC1. The van der Waals surface area contributed by atoms with Gasteiger partial charge in [-0.2, -0.15) is 0 Å². The Labute approximate surface area is 98.9 Å². The Morgan fingerprint density at radius 1 is 1.35 bits per heavy atom. The summed E-state index contributed by atoms with van der Waals surface area (Å²) in [6, 6.07) is 3.69. The Bertz CT molecular complexity index is 427. The molecule has 0 radical (unpaired) electrons. The molecule has 0 saturated heterocycles. The van der Waals surface area contributed by atoms with Crippen molar-refractivity contribution in [2.45, 2.75) is 31.2 Å². The van der Waals surface area contributed by atoms with Crippen LogP contribution in [0.3, 0.4) is 0 Å². The fourth-order valence-electron chi connectivity index (χ4n) is 1.65. The third kappa shape index (κ3) is 2.81. The van der Waals surface area contributed by atoms with Crippen molar-refractivity contribution in [3.05, 3.63) is 30.1 Å². The predicted molar refractivity (Wildman–Crippen MR) is 60.3 cm³/mol. The highest BCUT2D eigenvalue weighted by atomic mass is 16.4. The molecule has 1 aromatic rings. The number of carbonyl (C=O) groups excluding carboxylic acids is 1. The quantitative estimate of drug-likeness (QED) is 0.787. The molecule has 1 fully saturated rings. The van der Waals surface area contributed by atoms with Gasteiger partial charge in [0, 0.05) is 18.8 Å². The predicted octanol–water partition coefficient (Wildman–Crippen LogP) is 0.748. The summed E-state index contributed by atoms with van der Waals surface area (Å²) < 4.78 is 0. The molecule has 17 heavy (non-hydrogen) atoms. The van der Waals surface area contributed by atoms with Gasteiger partial charge < -0.3 is 10.4 Å². The van der Waals surface area contributed by atoms with Crippen LogP contribution in [0.15, 0.2) is 24.5 Å². The van der Waals surface area contributed by atoms with Crippen molar-refractivity contribution in [1.82, 2.24) is 10.3 Å². The molecule has 0 aliphatic heterocycles. The third-order valence-corrected chi connectivity index (χ3v) is 2.93. The summed E-state index contributed by atoms with van der Waals surface area (Å²) in [4.78, 5) is 26.3. The lowest BCUT2D eigenvalue weighted by atomic mass is 10.1. The second-order valence-corrected chi connectivity index (χ2v) is 4.29. The summed E-state index contributed by atoms with van der Waals surface area (Å²) in [6.07, 6.45) is 5.31. The monoisotopic (exact) mass is 234 g/mol. The van der Waals surface area contributed by atoms with E-state index in [1.807, 2.05) is 12.1 Å². The lowest BCUT2D eigenvalue weighted by molar-refractivity contribution is -0.143. The summed E-state index contributed by atoms with van der Waals surface area (Å²) in [5, 5.41) is 11.5. The number of nitrogens with one attached hydrogen (secondary N) is 1. The van der Waals surface area contributed by atoms with Gasteiger partial charge in [0.15, 0.2) is 0 Å². The van der Waals surface area contributed by atoms with Gasteiger partial charge in [-0.15, -0.1) is 0 Å². The zero-order chi connectivity index (χ0) is 12.3. The van der Waals surface area contributed by atoms with Gasteiger partial charge in [-0.25, -0.2) is 4.79 Å². The number of aryl methyl sites for hydroxylation is 1. The van der Waals surface area contributed by atoms with E-state index in [0.29, 0.717) is 25.7 Å². The van der Waals surface area contributed by atoms with Crippen LogP contribution >= 0.6 is 0 Å². The van der Waals surface area contributed by atoms with Crippen LogP contribution in [0.4, 0.5) is 0 Å². The van der Waals surface area contributed by atoms with Crippen LogP contribution < -0.4 is 5.32 Å². The number of carboxylic acids is 1. The van der Waals surface area contributed by atoms with Crippen LogP contribution in [-0.2, 0) is 16.0 Å². The molecular weight excluding hydrogens is 220 g/mol. The first-order chi connectivity index (χ1) is 8.12. The molecule has 5 heteroatoms. The Balaban J connectivity index is 1.81. The van der Waals surface area contributed by atoms with Crippen LogP contribution in [0.1, 0.15) is 24.8 Å². The highest BCUT2D eigenvalue weighted by molar-refractivity contribution is 5.89. The van der Waals surface area contributed by atoms with E-state index >= 15 is 0 Å². The molecule has 0 aromatic carbocycles. The number of pyridine rings is 1. The number of carbonyl (C=O) groups is 2. The number of rotatable bonds is 5. The van der Waals surface area contributed by atoms with E-state index in [1.54, 1.807) is 12.4 Å². The zero-order valence-corrected chi connectivity index (χ0v) is 9.35. The molecule has 0 unspecified atom stereocenters. The van der Waals surface area contributed by atoms with E-state index in [0.717, 1.165) is 5.56 Å². The molecule has 2 rings (SSSR count). The minimum absolute atomic E-state index is 0.207. The van der Waals surface area contributed by atoms with Crippen molar-refractivity contribution in [3.63, 3.8) is 0 Å². The number of aromatic nitrogens is 1. The van der Waals surface area contributed by atoms with Crippen LogP contribution in [0.2, 0.25) is 0 Å². The van der Waals surface area contributed by atoms with Crippen molar-refractivity contribution in [2.24, 2.45) is 0 Å². The Morgan fingerprint density at radius 2 is 2.00 bits per heavy atom. The van der Waals surface area contributed by atoms with Crippen molar-refractivity contribution < 1.29 is 14.7 Å². The van der Waals surface area contributed by atoms with E-state index in [9.17, 15) is 9.59 Å². The average molecular weight is 234 g/mol. The molecule has 1 aliphatic carbocycles. The van der Waals surface area contributed by atoms with Gasteiger partial charge in [0.2, 0.25) is 5.91 Å². The highest BCUT2D eigenvalue weighted by Crippen LogP contribution is 2.35. The molecule has 2 N–H and O–H groups in total. The zero-order valence-electron chi connectivity index (χ0n) is 9.35. The number of hydrogen-bond donors (Lipinski definition) is 2. The Hall–Kier alpha value is -1.91. The van der Waals surface area contributed by atoms with E-state index in [4.69, 9.17) is 5.11 Å². The maximum Gasteiger partial charge on any atom is 0.329 e. The van der Waals surface area contributed by atoms with Crippen molar-refractivity contribution in [1.29, 1.82) is 0 Å². The second-order valence-electron chi connectivity index (χ2n) is 4.29. The lowest BCUT2D eigenvalue weighted by Gasteiger charge is -2.12. The molecule has 1 aromatic heterocycles. The number of hydrogen-bond acceptors (Lipinski definition) is 3. The summed E-state index contributed by atoms with van der Waals surface area (Å²) in [5.74, 6) is -1.14. The molecule has 1 heterocycles. The highest BCUT2D eigenvalue weighted by Gasteiger charge is 2.51. The number of nitrogens with zero attached hydrogens (tertiary/aromatic N) is 1. The maximum atomic E-state index is 11.6. The standard InChI is InChI=1S/C12H14N2O3/c15-10(14-12(5-6-12)11(16)17)2-1-9-3-7-13-8-4-9/h3-4,7-8H,1-2,5-6H2,(H,14,15)(H,16,17). The molecule has 5 nitrogen and oxygen atoms in total. The van der Waals surface area contributed by atoms with E-state index in [1.165, 1.54) is 0 Å². The summed E-state index contributed by atoms with van der Waals surface area (Å²) in [7, 11) is 0. The Morgan fingerprint density at radius 3 is 2.53 bits per heavy atom. The van der Waals surface area contributed by atoms with Crippen molar-refractivity contribution >= 4 is 11.9 Å². The van der Waals surface area contributed by atoms with E-state index in [-0.39, 0.29) is 5.91 Å². The smallest absolute Gasteiger partial charge is 0.329 e. The summed E-state index contributed by atoms with van der Waals surface area (Å²) in [5.41, 5.74) is 0.0466. The van der Waals surface area contributed by atoms with Gasteiger partial charge >= 0.3 is 5.97 Å². The maximum absolute atomic E-state index is 11.6. The number of carboxylic acid groups (broad SMARTS) is 1. The lowest BCUT2D eigenvalue weighted by Crippen LogP contribution is -2.43. The van der Waals surface area contributed by atoms with Gasteiger partial charge in [-0.1, -0.05) is 0 Å². The first kappa shape index (κ1) is 11.6. The van der Waals surface area contributed by atoms with Gasteiger partial charge in [-0.3, -0.25) is 9.78 Å². The fourth-order valence-corrected chi connectivity index (χ4v) is 1.65. The molecule has 1 aliphatic rings. The molecule has 0 spiro atoms. The molecule has 90 valence electrons. The van der Waals surface area contributed by atoms with Gasteiger partial charge in [0.1, 0.15) is 5.54 Å². The van der Waals surface area contributed by atoms with Crippen LogP contribution in [0.25, 0.3) is 0 Å². The fraction of sp³-hybridized carbons (Fsp3) is 0.417.